The maximum Gasteiger partial charge on any atom is 0.255 e. The fourth-order valence-corrected chi connectivity index (χ4v) is 1.53. The van der Waals surface area contributed by atoms with Gasteiger partial charge in [0.15, 0.2) is 0 Å². The minimum absolute atomic E-state index is 0.240. The summed E-state index contributed by atoms with van der Waals surface area (Å²) in [6.45, 7) is 1.95. The third-order valence-electron chi connectivity index (χ3n) is 2.38. The van der Waals surface area contributed by atoms with Crippen LogP contribution >= 0.6 is 0 Å². The van der Waals surface area contributed by atoms with Crippen LogP contribution in [0.3, 0.4) is 0 Å². The number of carbonyl (C=O) groups is 1. The van der Waals surface area contributed by atoms with Crippen molar-refractivity contribution in [3.05, 3.63) is 65.5 Å². The Bertz CT molecular complexity index is 534. The van der Waals surface area contributed by atoms with Crippen molar-refractivity contribution in [3.63, 3.8) is 0 Å². The van der Waals surface area contributed by atoms with Crippen molar-refractivity contribution in [2.24, 2.45) is 0 Å². The molecule has 0 bridgehead atoms. The monoisotopic (exact) mass is 229 g/mol. The van der Waals surface area contributed by atoms with E-state index in [-0.39, 0.29) is 11.7 Å². The maximum atomic E-state index is 12.7. The van der Waals surface area contributed by atoms with E-state index >= 15 is 0 Å². The van der Waals surface area contributed by atoms with Crippen molar-refractivity contribution in [2.75, 3.05) is 5.32 Å². The number of halogens is 1. The molecule has 0 aliphatic rings. The second-order valence-electron chi connectivity index (χ2n) is 3.83. The molecule has 0 unspecified atom stereocenters. The molecule has 0 aliphatic carbocycles. The summed E-state index contributed by atoms with van der Waals surface area (Å²) < 4.78 is 12.7. The van der Waals surface area contributed by atoms with Gasteiger partial charge in [0.1, 0.15) is 5.82 Å². The minimum atomic E-state index is -0.350. The van der Waals surface area contributed by atoms with E-state index in [0.29, 0.717) is 5.56 Å². The van der Waals surface area contributed by atoms with Gasteiger partial charge in [0.25, 0.3) is 5.91 Å². The molecule has 86 valence electrons. The van der Waals surface area contributed by atoms with Crippen molar-refractivity contribution >= 4 is 11.6 Å². The summed E-state index contributed by atoms with van der Waals surface area (Å²) in [5.74, 6) is -0.590. The number of hydrogen-bond donors (Lipinski definition) is 1. The van der Waals surface area contributed by atoms with Gasteiger partial charge in [-0.05, 0) is 48.9 Å². The number of aryl methyl sites for hydroxylation is 1. The van der Waals surface area contributed by atoms with E-state index in [1.807, 2.05) is 31.2 Å². The first-order valence-corrected chi connectivity index (χ1v) is 5.29. The minimum Gasteiger partial charge on any atom is -0.322 e. The summed E-state index contributed by atoms with van der Waals surface area (Å²) in [5, 5.41) is 2.76. The lowest BCUT2D eigenvalue weighted by atomic mass is 10.2. The van der Waals surface area contributed by atoms with Crippen LogP contribution in [0.2, 0.25) is 0 Å². The lowest BCUT2D eigenvalue weighted by Gasteiger charge is -2.05. The Morgan fingerprint density at radius 2 is 1.82 bits per heavy atom. The van der Waals surface area contributed by atoms with Gasteiger partial charge in [-0.15, -0.1) is 0 Å². The first kappa shape index (κ1) is 11.3. The van der Waals surface area contributed by atoms with Crippen LogP contribution in [0.15, 0.2) is 48.5 Å². The van der Waals surface area contributed by atoms with E-state index < -0.39 is 0 Å². The molecular formula is C14H12FNO. The molecule has 0 aromatic heterocycles. The van der Waals surface area contributed by atoms with Crippen LogP contribution in [0.4, 0.5) is 10.1 Å². The molecule has 1 N–H and O–H groups in total. The smallest absolute Gasteiger partial charge is 0.255 e. The van der Waals surface area contributed by atoms with E-state index in [4.69, 9.17) is 0 Å². The number of hydrogen-bond acceptors (Lipinski definition) is 1. The number of anilines is 1. The summed E-state index contributed by atoms with van der Waals surface area (Å²) in [6.07, 6.45) is 0. The van der Waals surface area contributed by atoms with E-state index in [2.05, 4.69) is 5.32 Å². The molecule has 2 nitrogen and oxygen atoms in total. The van der Waals surface area contributed by atoms with Gasteiger partial charge < -0.3 is 5.32 Å². The van der Waals surface area contributed by atoms with Gasteiger partial charge >= 0.3 is 0 Å². The molecule has 17 heavy (non-hydrogen) atoms. The molecule has 0 heterocycles. The first-order chi connectivity index (χ1) is 8.15. The van der Waals surface area contributed by atoms with Crippen molar-refractivity contribution in [1.29, 1.82) is 0 Å². The van der Waals surface area contributed by atoms with E-state index in [9.17, 15) is 9.18 Å². The Morgan fingerprint density at radius 1 is 1.12 bits per heavy atom. The van der Waals surface area contributed by atoms with Crippen LogP contribution in [0.5, 0.6) is 0 Å². The zero-order chi connectivity index (χ0) is 12.3. The standard InChI is InChI=1S/C14H12FNO/c1-10-3-2-4-13(9-10)16-14(17)11-5-7-12(15)8-6-11/h2-9H,1H3,(H,16,17). The molecule has 2 rings (SSSR count). The molecule has 0 saturated heterocycles. The summed E-state index contributed by atoms with van der Waals surface area (Å²) in [4.78, 5) is 11.8. The van der Waals surface area contributed by atoms with E-state index in [1.165, 1.54) is 24.3 Å². The summed E-state index contributed by atoms with van der Waals surface area (Å²) >= 11 is 0. The Balaban J connectivity index is 2.14. The molecule has 1 amide bonds. The molecule has 0 aliphatic heterocycles. The number of rotatable bonds is 2. The zero-order valence-corrected chi connectivity index (χ0v) is 9.41. The fourth-order valence-electron chi connectivity index (χ4n) is 1.53. The Kier molecular flexibility index (Phi) is 3.19. The van der Waals surface area contributed by atoms with Gasteiger partial charge in [-0.2, -0.15) is 0 Å². The average molecular weight is 229 g/mol. The average Bonchev–Trinajstić information content (AvgIpc) is 2.29. The Hall–Kier alpha value is -2.16. The number of nitrogens with one attached hydrogen (secondary N) is 1. The van der Waals surface area contributed by atoms with Crippen LogP contribution in [0, 0.1) is 12.7 Å². The third-order valence-corrected chi connectivity index (χ3v) is 2.38. The number of carbonyl (C=O) groups excluding carboxylic acids is 1. The highest BCUT2D eigenvalue weighted by Crippen LogP contribution is 2.11. The van der Waals surface area contributed by atoms with Gasteiger partial charge in [0, 0.05) is 11.3 Å². The molecule has 0 spiro atoms. The molecule has 2 aromatic carbocycles. The SMILES string of the molecule is Cc1cccc(NC(=O)c2ccc(F)cc2)c1. The van der Waals surface area contributed by atoms with Gasteiger partial charge in [0.2, 0.25) is 0 Å². The van der Waals surface area contributed by atoms with Crippen molar-refractivity contribution < 1.29 is 9.18 Å². The quantitative estimate of drug-likeness (QED) is 0.840. The fraction of sp³-hybridized carbons (Fsp3) is 0.0714. The molecule has 0 saturated carbocycles. The first-order valence-electron chi connectivity index (χ1n) is 5.29. The summed E-state index contributed by atoms with van der Waals surface area (Å²) in [6, 6.07) is 13.0. The summed E-state index contributed by atoms with van der Waals surface area (Å²) in [5.41, 5.74) is 2.24. The topological polar surface area (TPSA) is 29.1 Å². The van der Waals surface area contributed by atoms with Gasteiger partial charge in [-0.1, -0.05) is 12.1 Å². The van der Waals surface area contributed by atoms with Gasteiger partial charge in [0.05, 0.1) is 0 Å². The largest absolute Gasteiger partial charge is 0.322 e. The molecule has 0 fully saturated rings. The van der Waals surface area contributed by atoms with Crippen molar-refractivity contribution in [3.8, 4) is 0 Å². The van der Waals surface area contributed by atoms with Crippen LogP contribution in [-0.2, 0) is 0 Å². The Morgan fingerprint density at radius 3 is 2.47 bits per heavy atom. The number of benzene rings is 2. The lowest BCUT2D eigenvalue weighted by molar-refractivity contribution is 0.102. The highest BCUT2D eigenvalue weighted by molar-refractivity contribution is 6.04. The Labute approximate surface area is 99.1 Å². The zero-order valence-electron chi connectivity index (χ0n) is 9.41. The second-order valence-corrected chi connectivity index (χ2v) is 3.83. The van der Waals surface area contributed by atoms with Crippen LogP contribution in [0.1, 0.15) is 15.9 Å². The van der Waals surface area contributed by atoms with Gasteiger partial charge in [-0.25, -0.2) is 4.39 Å². The molecular weight excluding hydrogens is 217 g/mol. The third kappa shape index (κ3) is 2.91. The van der Waals surface area contributed by atoms with E-state index in [0.717, 1.165) is 11.3 Å². The molecule has 3 heteroatoms. The lowest BCUT2D eigenvalue weighted by Crippen LogP contribution is -2.11. The molecule has 0 atom stereocenters. The highest BCUT2D eigenvalue weighted by atomic mass is 19.1. The predicted octanol–water partition coefficient (Wildman–Crippen LogP) is 3.39. The molecule has 0 radical (unpaired) electrons. The van der Waals surface area contributed by atoms with Crippen LogP contribution in [-0.4, -0.2) is 5.91 Å². The molecule has 2 aromatic rings. The van der Waals surface area contributed by atoms with Gasteiger partial charge in [-0.3, -0.25) is 4.79 Å². The highest BCUT2D eigenvalue weighted by Gasteiger charge is 2.05. The van der Waals surface area contributed by atoms with Crippen LogP contribution < -0.4 is 5.32 Å². The van der Waals surface area contributed by atoms with Crippen molar-refractivity contribution in [2.45, 2.75) is 6.92 Å². The van der Waals surface area contributed by atoms with E-state index in [1.54, 1.807) is 0 Å². The predicted molar refractivity (Wildman–Crippen MR) is 65.5 cm³/mol. The van der Waals surface area contributed by atoms with Crippen molar-refractivity contribution in [1.82, 2.24) is 0 Å². The maximum absolute atomic E-state index is 12.7. The summed E-state index contributed by atoms with van der Waals surface area (Å²) in [7, 11) is 0. The normalized spacial score (nSPS) is 10.0. The number of amides is 1. The second kappa shape index (κ2) is 4.78. The van der Waals surface area contributed by atoms with Crippen LogP contribution in [0.25, 0.3) is 0 Å².